The monoisotopic (exact) mass is 349 g/mol. The molecule has 0 atom stereocenters. The zero-order valence-electron chi connectivity index (χ0n) is 14.3. The lowest BCUT2D eigenvalue weighted by Crippen LogP contribution is -2.39. The fourth-order valence-electron chi connectivity index (χ4n) is 3.68. The topological polar surface area (TPSA) is 91.7 Å². The minimum absolute atomic E-state index is 0.0401. The first-order chi connectivity index (χ1) is 12.8. The third-order valence-electron chi connectivity index (χ3n) is 5.08. The molecule has 0 spiro atoms. The summed E-state index contributed by atoms with van der Waals surface area (Å²) in [6.45, 7) is 3.36. The number of carbonyl (C=O) groups excluding carboxylic acids is 1. The molecule has 0 radical (unpaired) electrons. The molecule has 2 aliphatic heterocycles. The van der Waals surface area contributed by atoms with Crippen LogP contribution in [0.1, 0.15) is 27.6 Å². The lowest BCUT2D eigenvalue weighted by Gasteiger charge is -2.27. The number of hydrogen-bond acceptors (Lipinski definition) is 5. The molecule has 4 heterocycles. The smallest absolute Gasteiger partial charge is 0.275 e. The van der Waals surface area contributed by atoms with Crippen molar-refractivity contribution in [1.82, 2.24) is 35.2 Å². The Balaban J connectivity index is 1.40. The maximum Gasteiger partial charge on any atom is 0.275 e. The van der Waals surface area contributed by atoms with Crippen LogP contribution < -0.4 is 5.32 Å². The molecule has 2 aromatic heterocycles. The number of amides is 1. The number of nitrogens with zero attached hydrogens (tertiary/aromatic N) is 5. The van der Waals surface area contributed by atoms with Crippen LogP contribution in [0.15, 0.2) is 30.3 Å². The molecule has 0 saturated heterocycles. The third kappa shape index (κ3) is 2.41. The van der Waals surface area contributed by atoms with Crippen molar-refractivity contribution in [3.63, 3.8) is 0 Å². The molecule has 1 amide bonds. The SMILES string of the molecule is O=C(c1n[nH]c2c1CNCC2)N1CCn2c(nnc2-c2ccccc2)C1. The number of nitrogens with one attached hydrogen (secondary N) is 2. The van der Waals surface area contributed by atoms with Gasteiger partial charge in [-0.25, -0.2) is 0 Å². The molecular formula is C18H19N7O. The number of aromatic amines is 1. The summed E-state index contributed by atoms with van der Waals surface area (Å²) in [5.74, 6) is 1.63. The predicted octanol–water partition coefficient (Wildman–Crippen LogP) is 0.970. The fourth-order valence-corrected chi connectivity index (χ4v) is 3.68. The van der Waals surface area contributed by atoms with Crippen molar-refractivity contribution in [3.8, 4) is 11.4 Å². The highest BCUT2D eigenvalue weighted by Crippen LogP contribution is 2.23. The first-order valence-electron chi connectivity index (χ1n) is 8.85. The zero-order valence-corrected chi connectivity index (χ0v) is 14.3. The summed E-state index contributed by atoms with van der Waals surface area (Å²) in [6, 6.07) is 10.0. The van der Waals surface area contributed by atoms with Gasteiger partial charge in [0.1, 0.15) is 0 Å². The van der Waals surface area contributed by atoms with E-state index in [0.717, 1.165) is 41.4 Å². The maximum absolute atomic E-state index is 13.0. The number of fused-ring (bicyclic) bond motifs is 2. The number of rotatable bonds is 2. The molecule has 1 aromatic carbocycles. The van der Waals surface area contributed by atoms with E-state index in [-0.39, 0.29) is 5.91 Å². The van der Waals surface area contributed by atoms with Crippen molar-refractivity contribution in [2.24, 2.45) is 0 Å². The van der Waals surface area contributed by atoms with Crippen LogP contribution in [-0.2, 0) is 26.1 Å². The van der Waals surface area contributed by atoms with Gasteiger partial charge in [0.2, 0.25) is 0 Å². The van der Waals surface area contributed by atoms with Gasteiger partial charge >= 0.3 is 0 Å². The molecule has 132 valence electrons. The van der Waals surface area contributed by atoms with Crippen LogP contribution in [0.2, 0.25) is 0 Å². The van der Waals surface area contributed by atoms with Crippen molar-refractivity contribution >= 4 is 5.91 Å². The lowest BCUT2D eigenvalue weighted by molar-refractivity contribution is 0.0700. The Labute approximate surface area is 150 Å². The Morgan fingerprint density at radius 3 is 2.88 bits per heavy atom. The maximum atomic E-state index is 13.0. The van der Waals surface area contributed by atoms with Crippen molar-refractivity contribution in [1.29, 1.82) is 0 Å². The summed E-state index contributed by atoms with van der Waals surface area (Å²) >= 11 is 0. The Morgan fingerprint density at radius 2 is 2.00 bits per heavy atom. The Kier molecular flexibility index (Phi) is 3.56. The van der Waals surface area contributed by atoms with E-state index in [0.29, 0.717) is 31.9 Å². The summed E-state index contributed by atoms with van der Waals surface area (Å²) in [7, 11) is 0. The standard InChI is InChI=1S/C18H19N7O/c26-18(16-13-10-19-7-6-14(13)20-22-16)24-8-9-25-15(11-24)21-23-17(25)12-4-2-1-3-5-12/h1-5,19H,6-11H2,(H,20,22). The zero-order chi connectivity index (χ0) is 17.5. The highest BCUT2D eigenvalue weighted by atomic mass is 16.2. The minimum atomic E-state index is -0.0401. The summed E-state index contributed by atoms with van der Waals surface area (Å²) in [5.41, 5.74) is 3.64. The second-order valence-corrected chi connectivity index (χ2v) is 6.64. The number of H-pyrrole nitrogens is 1. The normalized spacial score (nSPS) is 16.2. The molecule has 8 nitrogen and oxygen atoms in total. The molecule has 0 unspecified atom stereocenters. The Morgan fingerprint density at radius 1 is 1.12 bits per heavy atom. The van der Waals surface area contributed by atoms with Crippen molar-refractivity contribution in [2.45, 2.75) is 26.1 Å². The first kappa shape index (κ1) is 15.3. The van der Waals surface area contributed by atoms with Crippen molar-refractivity contribution in [2.75, 3.05) is 13.1 Å². The van der Waals surface area contributed by atoms with Crippen molar-refractivity contribution in [3.05, 3.63) is 53.1 Å². The van der Waals surface area contributed by atoms with Gasteiger partial charge < -0.3 is 14.8 Å². The fraction of sp³-hybridized carbons (Fsp3) is 0.333. The molecule has 0 bridgehead atoms. The highest BCUT2D eigenvalue weighted by Gasteiger charge is 2.29. The molecule has 0 aliphatic carbocycles. The molecule has 0 fully saturated rings. The second-order valence-electron chi connectivity index (χ2n) is 6.64. The molecule has 2 aliphatic rings. The lowest BCUT2D eigenvalue weighted by atomic mass is 10.1. The van der Waals surface area contributed by atoms with E-state index in [1.807, 2.05) is 35.2 Å². The Bertz CT molecular complexity index is 959. The van der Waals surface area contributed by atoms with Gasteiger partial charge in [0.25, 0.3) is 5.91 Å². The molecule has 0 saturated carbocycles. The van der Waals surface area contributed by atoms with Crippen LogP contribution >= 0.6 is 0 Å². The van der Waals surface area contributed by atoms with Gasteiger partial charge in [-0.05, 0) is 0 Å². The molecule has 26 heavy (non-hydrogen) atoms. The molecule has 3 aromatic rings. The third-order valence-corrected chi connectivity index (χ3v) is 5.08. The first-order valence-corrected chi connectivity index (χ1v) is 8.85. The van der Waals surface area contributed by atoms with Crippen LogP contribution in [0.4, 0.5) is 0 Å². The number of aromatic nitrogens is 5. The number of carbonyl (C=O) groups is 1. The summed E-state index contributed by atoms with van der Waals surface area (Å²) in [6.07, 6.45) is 0.879. The van der Waals surface area contributed by atoms with E-state index in [1.54, 1.807) is 0 Å². The van der Waals surface area contributed by atoms with E-state index < -0.39 is 0 Å². The van der Waals surface area contributed by atoms with Crippen LogP contribution in [-0.4, -0.2) is 48.9 Å². The van der Waals surface area contributed by atoms with Gasteiger partial charge in [-0.3, -0.25) is 9.89 Å². The van der Waals surface area contributed by atoms with Crippen LogP contribution in [0, 0.1) is 0 Å². The van der Waals surface area contributed by atoms with Crippen LogP contribution in [0.3, 0.4) is 0 Å². The largest absolute Gasteiger partial charge is 0.328 e. The van der Waals surface area contributed by atoms with Gasteiger partial charge in [-0.1, -0.05) is 30.3 Å². The quantitative estimate of drug-likeness (QED) is 0.719. The van der Waals surface area contributed by atoms with E-state index >= 15 is 0 Å². The summed E-state index contributed by atoms with van der Waals surface area (Å²) < 4.78 is 2.10. The molecular weight excluding hydrogens is 330 g/mol. The van der Waals surface area contributed by atoms with Gasteiger partial charge in [0.15, 0.2) is 17.3 Å². The minimum Gasteiger partial charge on any atom is -0.328 e. The molecule has 8 heteroatoms. The summed E-state index contributed by atoms with van der Waals surface area (Å²) in [5, 5.41) is 19.3. The molecule has 2 N–H and O–H groups in total. The average molecular weight is 349 g/mol. The van der Waals surface area contributed by atoms with Crippen LogP contribution in [0.5, 0.6) is 0 Å². The number of hydrogen-bond donors (Lipinski definition) is 2. The summed E-state index contributed by atoms with van der Waals surface area (Å²) in [4.78, 5) is 14.8. The van der Waals surface area contributed by atoms with E-state index in [4.69, 9.17) is 0 Å². The van der Waals surface area contributed by atoms with Gasteiger partial charge in [0, 0.05) is 49.4 Å². The second kappa shape index (κ2) is 6.06. The van der Waals surface area contributed by atoms with E-state index in [2.05, 4.69) is 30.3 Å². The van der Waals surface area contributed by atoms with Gasteiger partial charge in [0.05, 0.1) is 6.54 Å². The van der Waals surface area contributed by atoms with Crippen LogP contribution in [0.25, 0.3) is 11.4 Å². The predicted molar refractivity (Wildman–Crippen MR) is 94.2 cm³/mol. The van der Waals surface area contributed by atoms with E-state index in [9.17, 15) is 4.79 Å². The van der Waals surface area contributed by atoms with Gasteiger partial charge in [-0.2, -0.15) is 5.10 Å². The average Bonchev–Trinajstić information content (AvgIpc) is 3.32. The highest BCUT2D eigenvalue weighted by molar-refractivity contribution is 5.94. The van der Waals surface area contributed by atoms with E-state index in [1.165, 1.54) is 0 Å². The van der Waals surface area contributed by atoms with Crippen molar-refractivity contribution < 1.29 is 4.79 Å². The van der Waals surface area contributed by atoms with Gasteiger partial charge in [-0.15, -0.1) is 10.2 Å². The molecule has 5 rings (SSSR count). The number of benzene rings is 1. The Hall–Kier alpha value is -3.00.